The van der Waals surface area contributed by atoms with Gasteiger partial charge in [-0.15, -0.1) is 0 Å². The third-order valence-electron chi connectivity index (χ3n) is 1.02. The highest BCUT2D eigenvalue weighted by Crippen LogP contribution is 2.19. The Kier molecular flexibility index (Phi) is 3.23. The molecule has 50 valence electrons. The summed E-state index contributed by atoms with van der Waals surface area (Å²) in [4.78, 5) is 0. The Balaban J connectivity index is 3.39. The van der Waals surface area contributed by atoms with Crippen molar-refractivity contribution in [1.29, 1.82) is 0 Å². The van der Waals surface area contributed by atoms with Crippen LogP contribution in [0.15, 0.2) is 0 Å². The monoisotopic (exact) mass is 162 g/mol. The summed E-state index contributed by atoms with van der Waals surface area (Å²) in [6.07, 6.45) is 0. The van der Waals surface area contributed by atoms with E-state index in [1.54, 1.807) is 9.76 Å². The minimum atomic E-state index is -0.0177. The summed E-state index contributed by atoms with van der Waals surface area (Å²) in [7, 11) is 1.92. The van der Waals surface area contributed by atoms with E-state index in [1.165, 1.54) is 0 Å². The molecule has 1 atom stereocenters. The predicted octanol–water partition coefficient (Wildman–Crippen LogP) is -0.411. The summed E-state index contributed by atoms with van der Waals surface area (Å²) in [5.74, 6) is 0. The van der Waals surface area contributed by atoms with Gasteiger partial charge in [0, 0.05) is 16.9 Å². The quantitative estimate of drug-likeness (QED) is 0.460. The number of hydrogen-bond acceptors (Lipinski definition) is 0. The number of rotatable bonds is 1. The van der Waals surface area contributed by atoms with Gasteiger partial charge in [-0.3, -0.25) is 0 Å². The van der Waals surface area contributed by atoms with Crippen LogP contribution in [-0.4, -0.2) is 26.6 Å². The zero-order chi connectivity index (χ0) is 6.78. The molecule has 0 aliphatic rings. The average molecular weight is 162 g/mol. The second-order valence-corrected chi connectivity index (χ2v) is 26.4. The van der Waals surface area contributed by atoms with Crippen LogP contribution in [0.1, 0.15) is 20.8 Å². The highest BCUT2D eigenvalue weighted by molar-refractivity contribution is 7.34. The first kappa shape index (κ1) is 8.65. The molecule has 0 aliphatic carbocycles. The maximum absolute atomic E-state index is 2.53. The molecule has 3 heteroatoms. The van der Waals surface area contributed by atoms with Gasteiger partial charge in [0.1, 0.15) is 0 Å². The Labute approximate surface area is 59.5 Å². The van der Waals surface area contributed by atoms with Crippen molar-refractivity contribution < 1.29 is 0 Å². The van der Waals surface area contributed by atoms with E-state index in [2.05, 4.69) is 27.3 Å². The van der Waals surface area contributed by atoms with Crippen molar-refractivity contribution in [2.75, 3.05) is 0 Å². The molecule has 0 nitrogen and oxygen atoms in total. The summed E-state index contributed by atoms with van der Waals surface area (Å²) in [5, 5.41) is 0.757. The van der Waals surface area contributed by atoms with Gasteiger partial charge in [0.15, 0.2) is 0 Å². The lowest BCUT2D eigenvalue weighted by atomic mass is 10.3. The fourth-order valence-electron chi connectivity index (χ4n) is 1.22. The van der Waals surface area contributed by atoms with Crippen LogP contribution in [0.2, 0.25) is 11.6 Å². The van der Waals surface area contributed by atoms with Crippen molar-refractivity contribution in [1.82, 2.24) is 0 Å². The largest absolute Gasteiger partial charge is 0.0768 e. The van der Waals surface area contributed by atoms with Crippen molar-refractivity contribution in [3.05, 3.63) is 0 Å². The summed E-state index contributed by atoms with van der Waals surface area (Å²) in [6, 6.07) is 0. The molecule has 0 aromatic rings. The van der Waals surface area contributed by atoms with Crippen molar-refractivity contribution in [3.63, 3.8) is 0 Å². The van der Waals surface area contributed by atoms with E-state index in [-0.39, 0.29) is 7.83 Å². The Bertz CT molecular complexity index is 62.6. The lowest BCUT2D eigenvalue weighted by molar-refractivity contribution is 0.762. The van der Waals surface area contributed by atoms with Gasteiger partial charge in [0.05, 0.1) is 0 Å². The van der Waals surface area contributed by atoms with Crippen LogP contribution in [0.5, 0.6) is 0 Å². The average Bonchev–Trinajstić information content (AvgIpc) is 1.21. The van der Waals surface area contributed by atoms with E-state index in [1.807, 2.05) is 0 Å². The van der Waals surface area contributed by atoms with Crippen LogP contribution >= 0.6 is 0 Å². The first-order chi connectivity index (χ1) is 3.42. The second-order valence-electron chi connectivity index (χ2n) is 4.16. The van der Waals surface area contributed by atoms with Crippen molar-refractivity contribution in [3.8, 4) is 0 Å². The highest BCUT2D eigenvalue weighted by Gasteiger charge is 2.12. The lowest BCUT2D eigenvalue weighted by Gasteiger charge is -2.18. The molecule has 0 saturated carbocycles. The number of hydrogen-bond donors (Lipinski definition) is 0. The molecule has 0 radical (unpaired) electrons. The molecule has 0 heterocycles. The van der Waals surface area contributed by atoms with E-state index in [0.717, 1.165) is 5.04 Å². The second kappa shape index (κ2) is 2.98. The molecule has 0 aromatic carbocycles. The fraction of sp³-hybridized carbons (Fsp3) is 1.00. The van der Waals surface area contributed by atoms with Gasteiger partial charge in [-0.25, -0.2) is 0 Å². The van der Waals surface area contributed by atoms with Crippen molar-refractivity contribution >= 4 is 26.6 Å². The Morgan fingerprint density at radius 1 is 1.38 bits per heavy atom. The molecular formula is C5H18Si3. The maximum Gasteiger partial charge on any atom is 0.0147 e. The summed E-state index contributed by atoms with van der Waals surface area (Å²) in [6.45, 7) is 9.74. The van der Waals surface area contributed by atoms with Crippen LogP contribution in [0.3, 0.4) is 0 Å². The zero-order valence-electron chi connectivity index (χ0n) is 6.78. The Hall–Kier alpha value is 0.651. The van der Waals surface area contributed by atoms with Crippen LogP contribution in [0, 0.1) is 0 Å². The van der Waals surface area contributed by atoms with E-state index in [0.29, 0.717) is 9.04 Å². The van der Waals surface area contributed by atoms with Gasteiger partial charge in [0.25, 0.3) is 0 Å². The van der Waals surface area contributed by atoms with Gasteiger partial charge >= 0.3 is 0 Å². The summed E-state index contributed by atoms with van der Waals surface area (Å²) in [5.41, 5.74) is 0. The molecule has 0 saturated heterocycles. The molecule has 0 rings (SSSR count). The van der Waals surface area contributed by atoms with Gasteiger partial charge in [-0.05, 0) is 9.76 Å². The Morgan fingerprint density at radius 2 is 1.75 bits per heavy atom. The van der Waals surface area contributed by atoms with Gasteiger partial charge in [-0.1, -0.05) is 32.4 Å². The molecule has 0 aliphatic heterocycles. The third-order valence-corrected chi connectivity index (χ3v) is 12.9. The van der Waals surface area contributed by atoms with E-state index in [4.69, 9.17) is 0 Å². The molecule has 0 bridgehead atoms. The minimum absolute atomic E-state index is 0.0177. The topological polar surface area (TPSA) is 0 Å². The fourth-order valence-corrected chi connectivity index (χ4v) is 22.0. The molecule has 0 aromatic heterocycles. The standard InChI is InChI=1S/C5H18Si3/c1-5(2,3)7-8(4)6/h8H,7H2,1-4,6H3. The van der Waals surface area contributed by atoms with Crippen LogP contribution in [-0.2, 0) is 0 Å². The van der Waals surface area contributed by atoms with Crippen LogP contribution in [0.4, 0.5) is 0 Å². The first-order valence-electron chi connectivity index (χ1n) is 3.42. The molecule has 0 N–H and O–H groups in total. The molecule has 0 spiro atoms. The predicted molar refractivity (Wildman–Crippen MR) is 51.2 cm³/mol. The normalized spacial score (nSPS) is 18.0. The van der Waals surface area contributed by atoms with Crippen molar-refractivity contribution in [2.24, 2.45) is 0 Å². The van der Waals surface area contributed by atoms with Crippen molar-refractivity contribution in [2.45, 2.75) is 32.4 Å². The third kappa shape index (κ3) is 6.65. The molecule has 1 unspecified atom stereocenters. The molecular weight excluding hydrogens is 144 g/mol. The molecule has 8 heavy (non-hydrogen) atoms. The highest BCUT2D eigenvalue weighted by atomic mass is 29.5. The van der Waals surface area contributed by atoms with Crippen LogP contribution in [0.25, 0.3) is 0 Å². The van der Waals surface area contributed by atoms with Crippen LogP contribution < -0.4 is 0 Å². The van der Waals surface area contributed by atoms with Gasteiger partial charge in [0.2, 0.25) is 0 Å². The zero-order valence-corrected chi connectivity index (χ0v) is 11.4. The summed E-state index contributed by atoms with van der Waals surface area (Å²) >= 11 is 0. The maximum atomic E-state index is 2.53. The first-order valence-corrected chi connectivity index (χ1v) is 13.2. The van der Waals surface area contributed by atoms with Gasteiger partial charge in [-0.2, -0.15) is 0 Å². The minimum Gasteiger partial charge on any atom is -0.0768 e. The van der Waals surface area contributed by atoms with E-state index in [9.17, 15) is 0 Å². The summed E-state index contributed by atoms with van der Waals surface area (Å²) < 4.78 is 0. The molecule has 0 fully saturated rings. The molecule has 0 amide bonds. The van der Waals surface area contributed by atoms with Gasteiger partial charge < -0.3 is 0 Å². The smallest absolute Gasteiger partial charge is 0.0147 e. The SMILES string of the molecule is C[SiH]([SiH3])[SiH2]C(C)(C)C. The van der Waals surface area contributed by atoms with E-state index >= 15 is 0 Å². The van der Waals surface area contributed by atoms with E-state index < -0.39 is 0 Å². The Morgan fingerprint density at radius 3 is 1.75 bits per heavy atom. The lowest BCUT2D eigenvalue weighted by Crippen LogP contribution is -2.26.